The van der Waals surface area contributed by atoms with Gasteiger partial charge >= 0.3 is 0 Å². The highest BCUT2D eigenvalue weighted by atomic mass is 35.5. The van der Waals surface area contributed by atoms with Crippen molar-refractivity contribution in [1.29, 1.82) is 0 Å². The summed E-state index contributed by atoms with van der Waals surface area (Å²) in [6, 6.07) is 0. The maximum atomic E-state index is 5.78. The Kier molecular flexibility index (Phi) is 6.57. The van der Waals surface area contributed by atoms with Crippen molar-refractivity contribution in [2.24, 2.45) is 5.92 Å². The van der Waals surface area contributed by atoms with Crippen LogP contribution in [0, 0.1) is 5.92 Å². The van der Waals surface area contributed by atoms with E-state index in [0.717, 1.165) is 51.4 Å². The standard InChI is InChI=1S/C11H21ClO2/c1-10(2-6-12)3-9-14-11-4-7-13-8-5-11/h10-11H,2-9H2,1H3. The van der Waals surface area contributed by atoms with Crippen molar-refractivity contribution in [2.45, 2.75) is 38.7 Å². The van der Waals surface area contributed by atoms with E-state index in [2.05, 4.69) is 6.92 Å². The molecule has 0 aromatic rings. The summed E-state index contributed by atoms with van der Waals surface area (Å²) in [7, 11) is 0. The Morgan fingerprint density at radius 2 is 2.07 bits per heavy atom. The van der Waals surface area contributed by atoms with Crippen LogP contribution in [0.3, 0.4) is 0 Å². The summed E-state index contributed by atoms with van der Waals surface area (Å²) in [6.45, 7) is 4.84. The smallest absolute Gasteiger partial charge is 0.0619 e. The number of hydrogen-bond donors (Lipinski definition) is 0. The number of hydrogen-bond acceptors (Lipinski definition) is 2. The first kappa shape index (κ1) is 12.3. The first-order chi connectivity index (χ1) is 6.83. The van der Waals surface area contributed by atoms with E-state index in [0.29, 0.717) is 12.0 Å². The number of ether oxygens (including phenoxy) is 2. The third-order valence-electron chi connectivity index (χ3n) is 2.73. The maximum Gasteiger partial charge on any atom is 0.0619 e. The van der Waals surface area contributed by atoms with Crippen molar-refractivity contribution in [2.75, 3.05) is 25.7 Å². The van der Waals surface area contributed by atoms with Gasteiger partial charge in [-0.15, -0.1) is 11.6 Å². The van der Waals surface area contributed by atoms with Gasteiger partial charge in [-0.25, -0.2) is 0 Å². The minimum Gasteiger partial charge on any atom is -0.381 e. The van der Waals surface area contributed by atoms with Crippen LogP contribution in [0.4, 0.5) is 0 Å². The Morgan fingerprint density at radius 1 is 1.36 bits per heavy atom. The lowest BCUT2D eigenvalue weighted by Crippen LogP contribution is -2.24. The fraction of sp³-hybridized carbons (Fsp3) is 1.00. The van der Waals surface area contributed by atoms with Crippen molar-refractivity contribution >= 4 is 11.6 Å². The van der Waals surface area contributed by atoms with Gasteiger partial charge in [-0.05, 0) is 31.6 Å². The molecule has 1 rings (SSSR count). The summed E-state index contributed by atoms with van der Waals surface area (Å²) in [4.78, 5) is 0. The average Bonchev–Trinajstić information content (AvgIpc) is 2.20. The molecular weight excluding hydrogens is 200 g/mol. The monoisotopic (exact) mass is 220 g/mol. The van der Waals surface area contributed by atoms with Gasteiger partial charge in [-0.3, -0.25) is 0 Å². The molecule has 1 aliphatic heterocycles. The Hall–Kier alpha value is 0.210. The highest BCUT2D eigenvalue weighted by Gasteiger charge is 2.14. The van der Waals surface area contributed by atoms with Gasteiger partial charge in [0.15, 0.2) is 0 Å². The third-order valence-corrected chi connectivity index (χ3v) is 2.95. The number of rotatable bonds is 6. The molecule has 0 aromatic carbocycles. The summed E-state index contributed by atoms with van der Waals surface area (Å²) in [6.07, 6.45) is 4.78. The van der Waals surface area contributed by atoms with E-state index in [9.17, 15) is 0 Å². The van der Waals surface area contributed by atoms with Gasteiger partial charge in [0.25, 0.3) is 0 Å². The van der Waals surface area contributed by atoms with Crippen LogP contribution in [-0.2, 0) is 9.47 Å². The summed E-state index contributed by atoms with van der Waals surface area (Å²) >= 11 is 5.67. The van der Waals surface area contributed by atoms with Crippen molar-refractivity contribution in [3.05, 3.63) is 0 Å². The molecule has 0 spiro atoms. The molecule has 0 aliphatic carbocycles. The van der Waals surface area contributed by atoms with Crippen molar-refractivity contribution in [3.8, 4) is 0 Å². The Bertz CT molecular complexity index is 135. The summed E-state index contributed by atoms with van der Waals surface area (Å²) < 4.78 is 11.0. The van der Waals surface area contributed by atoms with Gasteiger partial charge in [-0.1, -0.05) is 6.92 Å². The van der Waals surface area contributed by atoms with E-state index in [4.69, 9.17) is 21.1 Å². The molecule has 1 saturated heterocycles. The molecule has 0 radical (unpaired) electrons. The second kappa shape index (κ2) is 7.49. The highest BCUT2D eigenvalue weighted by molar-refractivity contribution is 6.17. The zero-order valence-electron chi connectivity index (χ0n) is 9.01. The minimum absolute atomic E-state index is 0.437. The van der Waals surface area contributed by atoms with Gasteiger partial charge < -0.3 is 9.47 Å². The Morgan fingerprint density at radius 3 is 2.71 bits per heavy atom. The van der Waals surface area contributed by atoms with Crippen LogP contribution in [0.1, 0.15) is 32.6 Å². The number of halogens is 1. The quantitative estimate of drug-likeness (QED) is 0.641. The molecule has 0 N–H and O–H groups in total. The van der Waals surface area contributed by atoms with E-state index in [1.165, 1.54) is 0 Å². The predicted molar refractivity (Wildman–Crippen MR) is 58.9 cm³/mol. The largest absolute Gasteiger partial charge is 0.381 e. The third kappa shape index (κ3) is 5.18. The highest BCUT2D eigenvalue weighted by Crippen LogP contribution is 2.13. The zero-order valence-corrected chi connectivity index (χ0v) is 9.76. The predicted octanol–water partition coefficient (Wildman–Crippen LogP) is 2.84. The fourth-order valence-corrected chi connectivity index (χ4v) is 1.98. The van der Waals surface area contributed by atoms with Gasteiger partial charge in [0.1, 0.15) is 0 Å². The van der Waals surface area contributed by atoms with Crippen molar-refractivity contribution < 1.29 is 9.47 Å². The van der Waals surface area contributed by atoms with Crippen LogP contribution >= 0.6 is 11.6 Å². The maximum absolute atomic E-state index is 5.78. The summed E-state index contributed by atoms with van der Waals surface area (Å²) in [5, 5.41) is 0. The summed E-state index contributed by atoms with van der Waals surface area (Å²) in [5.41, 5.74) is 0. The van der Waals surface area contributed by atoms with Gasteiger partial charge in [0, 0.05) is 25.7 Å². The van der Waals surface area contributed by atoms with Crippen LogP contribution in [0.15, 0.2) is 0 Å². The molecular formula is C11H21ClO2. The van der Waals surface area contributed by atoms with Crippen molar-refractivity contribution in [1.82, 2.24) is 0 Å². The Balaban J connectivity index is 1.96. The van der Waals surface area contributed by atoms with Gasteiger partial charge in [-0.2, -0.15) is 0 Å². The minimum atomic E-state index is 0.437. The van der Waals surface area contributed by atoms with Crippen LogP contribution in [0.25, 0.3) is 0 Å². The fourth-order valence-electron chi connectivity index (χ4n) is 1.61. The second-order valence-electron chi connectivity index (χ2n) is 4.05. The second-order valence-corrected chi connectivity index (χ2v) is 4.43. The van der Waals surface area contributed by atoms with E-state index in [-0.39, 0.29) is 0 Å². The lowest BCUT2D eigenvalue weighted by Gasteiger charge is -2.23. The average molecular weight is 221 g/mol. The Labute approximate surface area is 91.9 Å². The molecule has 2 nitrogen and oxygen atoms in total. The van der Waals surface area contributed by atoms with E-state index in [1.807, 2.05) is 0 Å². The lowest BCUT2D eigenvalue weighted by atomic mass is 10.1. The molecule has 1 atom stereocenters. The first-order valence-electron chi connectivity index (χ1n) is 5.58. The zero-order chi connectivity index (χ0) is 10.2. The molecule has 0 aromatic heterocycles. The molecule has 0 bridgehead atoms. The van der Waals surface area contributed by atoms with Crippen LogP contribution in [0.5, 0.6) is 0 Å². The first-order valence-corrected chi connectivity index (χ1v) is 6.11. The van der Waals surface area contributed by atoms with Crippen LogP contribution in [0.2, 0.25) is 0 Å². The normalized spacial score (nSPS) is 21.0. The van der Waals surface area contributed by atoms with Crippen molar-refractivity contribution in [3.63, 3.8) is 0 Å². The van der Waals surface area contributed by atoms with Gasteiger partial charge in [0.05, 0.1) is 6.10 Å². The van der Waals surface area contributed by atoms with Crippen LogP contribution in [-0.4, -0.2) is 31.8 Å². The SMILES string of the molecule is CC(CCCl)CCOC1CCOCC1. The molecule has 0 saturated carbocycles. The lowest BCUT2D eigenvalue weighted by molar-refractivity contribution is -0.0347. The summed E-state index contributed by atoms with van der Waals surface area (Å²) in [5.74, 6) is 1.45. The molecule has 84 valence electrons. The van der Waals surface area contributed by atoms with Crippen LogP contribution < -0.4 is 0 Å². The topological polar surface area (TPSA) is 18.5 Å². The molecule has 1 fully saturated rings. The van der Waals surface area contributed by atoms with E-state index < -0.39 is 0 Å². The number of alkyl halides is 1. The molecule has 14 heavy (non-hydrogen) atoms. The van der Waals surface area contributed by atoms with Gasteiger partial charge in [0.2, 0.25) is 0 Å². The molecule has 0 amide bonds. The van der Waals surface area contributed by atoms with E-state index >= 15 is 0 Å². The molecule has 1 unspecified atom stereocenters. The molecule has 1 aliphatic rings. The van der Waals surface area contributed by atoms with E-state index in [1.54, 1.807) is 0 Å². The molecule has 3 heteroatoms. The molecule has 1 heterocycles.